The molecule has 4 heteroatoms. The second-order valence-corrected chi connectivity index (χ2v) is 4.46. The molecule has 0 aromatic rings. The van der Waals surface area contributed by atoms with Gasteiger partial charge in [0.05, 0.1) is 0 Å². The van der Waals surface area contributed by atoms with Gasteiger partial charge in [-0.3, -0.25) is 4.79 Å². The Labute approximate surface area is 90.8 Å². The smallest absolute Gasteiger partial charge is 0.237 e. The number of carbonyl (C=O) groups excluding carboxylic acids is 1. The molecule has 1 amide bonds. The third-order valence-electron chi connectivity index (χ3n) is 2.51. The summed E-state index contributed by atoms with van der Waals surface area (Å²) in [6, 6.07) is 0. The van der Waals surface area contributed by atoms with Gasteiger partial charge in [-0.15, -0.1) is 11.6 Å². The highest BCUT2D eigenvalue weighted by molar-refractivity contribution is 6.30. The van der Waals surface area contributed by atoms with Crippen molar-refractivity contribution in [3.8, 4) is 0 Å². The van der Waals surface area contributed by atoms with Crippen molar-refractivity contribution in [3.05, 3.63) is 0 Å². The van der Waals surface area contributed by atoms with Crippen LogP contribution in [0, 0.1) is 0 Å². The van der Waals surface area contributed by atoms with Crippen LogP contribution in [0.4, 0.5) is 0 Å². The first kappa shape index (κ1) is 11.8. The summed E-state index contributed by atoms with van der Waals surface area (Å²) < 4.78 is 0. The molecule has 82 valence electrons. The SMILES string of the molecule is CC(Cl)C(=O)NCCCN1CCCC1. The van der Waals surface area contributed by atoms with Gasteiger partial charge in [0, 0.05) is 6.54 Å². The van der Waals surface area contributed by atoms with Gasteiger partial charge in [0.25, 0.3) is 0 Å². The average Bonchev–Trinajstić information content (AvgIpc) is 2.64. The Hall–Kier alpha value is -0.280. The van der Waals surface area contributed by atoms with E-state index >= 15 is 0 Å². The highest BCUT2D eigenvalue weighted by Crippen LogP contribution is 2.06. The largest absolute Gasteiger partial charge is 0.355 e. The molecule has 0 aromatic carbocycles. The van der Waals surface area contributed by atoms with Gasteiger partial charge in [0.1, 0.15) is 5.38 Å². The van der Waals surface area contributed by atoms with E-state index in [1.165, 1.54) is 25.9 Å². The maximum atomic E-state index is 11.1. The molecule has 1 heterocycles. The van der Waals surface area contributed by atoms with Crippen LogP contribution in [0.1, 0.15) is 26.2 Å². The maximum absolute atomic E-state index is 11.1. The molecule has 1 rings (SSSR count). The second-order valence-electron chi connectivity index (χ2n) is 3.81. The zero-order valence-electron chi connectivity index (χ0n) is 8.76. The fourth-order valence-electron chi connectivity index (χ4n) is 1.66. The summed E-state index contributed by atoms with van der Waals surface area (Å²) in [5, 5.41) is 2.39. The Kier molecular flexibility index (Phi) is 5.26. The molecule has 3 nitrogen and oxygen atoms in total. The number of halogens is 1. The van der Waals surface area contributed by atoms with Crippen LogP contribution in [0.25, 0.3) is 0 Å². The van der Waals surface area contributed by atoms with E-state index in [4.69, 9.17) is 11.6 Å². The van der Waals surface area contributed by atoms with Gasteiger partial charge in [0.15, 0.2) is 0 Å². The monoisotopic (exact) mass is 218 g/mol. The van der Waals surface area contributed by atoms with Gasteiger partial charge in [-0.2, -0.15) is 0 Å². The Balaban J connectivity index is 1.96. The Morgan fingerprint density at radius 1 is 1.50 bits per heavy atom. The number of nitrogens with zero attached hydrogens (tertiary/aromatic N) is 1. The number of likely N-dealkylation sites (tertiary alicyclic amines) is 1. The molecule has 0 aromatic heterocycles. The van der Waals surface area contributed by atoms with E-state index in [9.17, 15) is 4.79 Å². The summed E-state index contributed by atoms with van der Waals surface area (Å²) in [7, 11) is 0. The minimum atomic E-state index is -0.415. The van der Waals surface area contributed by atoms with Gasteiger partial charge >= 0.3 is 0 Å². The zero-order valence-corrected chi connectivity index (χ0v) is 9.52. The van der Waals surface area contributed by atoms with Crippen molar-refractivity contribution in [2.75, 3.05) is 26.2 Å². The number of amides is 1. The number of alkyl halides is 1. The van der Waals surface area contributed by atoms with Gasteiger partial charge in [-0.25, -0.2) is 0 Å². The summed E-state index contributed by atoms with van der Waals surface area (Å²) in [6.07, 6.45) is 3.67. The standard InChI is InChI=1S/C10H19ClN2O/c1-9(11)10(14)12-5-4-8-13-6-2-3-7-13/h9H,2-8H2,1H3,(H,12,14). The number of hydrogen-bond acceptors (Lipinski definition) is 2. The van der Waals surface area contributed by atoms with Crippen LogP contribution in [-0.4, -0.2) is 42.4 Å². The normalized spacial score (nSPS) is 19.6. The molecule has 1 atom stereocenters. The van der Waals surface area contributed by atoms with Crippen LogP contribution in [0.2, 0.25) is 0 Å². The lowest BCUT2D eigenvalue weighted by atomic mass is 10.3. The molecule has 1 aliphatic heterocycles. The molecule has 1 N–H and O–H groups in total. The van der Waals surface area contributed by atoms with Gasteiger partial charge in [-0.1, -0.05) is 0 Å². The van der Waals surface area contributed by atoms with Gasteiger partial charge in [-0.05, 0) is 45.8 Å². The van der Waals surface area contributed by atoms with Crippen molar-refractivity contribution in [3.63, 3.8) is 0 Å². The van der Waals surface area contributed by atoms with E-state index in [1.807, 2.05) is 0 Å². The molecule has 14 heavy (non-hydrogen) atoms. The molecule has 0 aliphatic carbocycles. The van der Waals surface area contributed by atoms with Crippen molar-refractivity contribution < 1.29 is 4.79 Å². The average molecular weight is 219 g/mol. The van der Waals surface area contributed by atoms with Crippen molar-refractivity contribution in [2.45, 2.75) is 31.6 Å². The molecule has 1 fully saturated rings. The van der Waals surface area contributed by atoms with Crippen LogP contribution in [0.3, 0.4) is 0 Å². The summed E-state index contributed by atoms with van der Waals surface area (Å²) >= 11 is 5.61. The molecule has 0 radical (unpaired) electrons. The van der Waals surface area contributed by atoms with Gasteiger partial charge in [0.2, 0.25) is 5.91 Å². The van der Waals surface area contributed by atoms with E-state index in [-0.39, 0.29) is 5.91 Å². The van der Waals surface area contributed by atoms with Crippen LogP contribution >= 0.6 is 11.6 Å². The molecule has 1 saturated heterocycles. The fraction of sp³-hybridized carbons (Fsp3) is 0.900. The lowest BCUT2D eigenvalue weighted by Gasteiger charge is -2.14. The first-order valence-corrected chi connectivity index (χ1v) is 5.78. The summed E-state index contributed by atoms with van der Waals surface area (Å²) in [6.45, 7) is 5.97. The van der Waals surface area contributed by atoms with E-state index in [2.05, 4.69) is 10.2 Å². The molecule has 1 aliphatic rings. The second kappa shape index (κ2) is 6.25. The lowest BCUT2D eigenvalue weighted by Crippen LogP contribution is -2.32. The lowest BCUT2D eigenvalue weighted by molar-refractivity contribution is -0.120. The van der Waals surface area contributed by atoms with E-state index in [0.29, 0.717) is 0 Å². The quantitative estimate of drug-likeness (QED) is 0.556. The zero-order chi connectivity index (χ0) is 10.4. The van der Waals surface area contributed by atoms with Crippen molar-refractivity contribution >= 4 is 17.5 Å². The summed E-state index contributed by atoms with van der Waals surface area (Å²) in [5.41, 5.74) is 0. The molecule has 0 saturated carbocycles. The molecule has 0 spiro atoms. The van der Waals surface area contributed by atoms with Crippen LogP contribution in [0.5, 0.6) is 0 Å². The molecular weight excluding hydrogens is 200 g/mol. The van der Waals surface area contributed by atoms with Crippen LogP contribution in [-0.2, 0) is 4.79 Å². The number of carbonyl (C=O) groups is 1. The third kappa shape index (κ3) is 4.29. The summed E-state index contributed by atoms with van der Waals surface area (Å²) in [4.78, 5) is 13.5. The Morgan fingerprint density at radius 3 is 2.71 bits per heavy atom. The number of hydrogen-bond donors (Lipinski definition) is 1. The topological polar surface area (TPSA) is 32.3 Å². The van der Waals surface area contributed by atoms with Crippen molar-refractivity contribution in [2.24, 2.45) is 0 Å². The molecular formula is C10H19ClN2O. The molecule has 0 bridgehead atoms. The van der Waals surface area contributed by atoms with Crippen molar-refractivity contribution in [1.29, 1.82) is 0 Å². The van der Waals surface area contributed by atoms with E-state index in [1.54, 1.807) is 6.92 Å². The third-order valence-corrected chi connectivity index (χ3v) is 2.71. The van der Waals surface area contributed by atoms with Crippen LogP contribution in [0.15, 0.2) is 0 Å². The maximum Gasteiger partial charge on any atom is 0.237 e. The minimum Gasteiger partial charge on any atom is -0.355 e. The van der Waals surface area contributed by atoms with Gasteiger partial charge < -0.3 is 10.2 Å². The number of rotatable bonds is 5. The molecule has 1 unspecified atom stereocenters. The Bertz CT molecular complexity index is 179. The Morgan fingerprint density at radius 2 is 2.14 bits per heavy atom. The van der Waals surface area contributed by atoms with E-state index in [0.717, 1.165) is 19.5 Å². The first-order valence-electron chi connectivity index (χ1n) is 5.34. The highest BCUT2D eigenvalue weighted by atomic mass is 35.5. The summed E-state index contributed by atoms with van der Waals surface area (Å²) in [5.74, 6) is -0.0620. The van der Waals surface area contributed by atoms with E-state index < -0.39 is 5.38 Å². The first-order chi connectivity index (χ1) is 6.70. The predicted molar refractivity (Wildman–Crippen MR) is 58.6 cm³/mol. The fourth-order valence-corrected chi connectivity index (χ4v) is 1.74. The predicted octanol–water partition coefficient (Wildman–Crippen LogP) is 1.22. The highest BCUT2D eigenvalue weighted by Gasteiger charge is 2.11. The van der Waals surface area contributed by atoms with Crippen molar-refractivity contribution in [1.82, 2.24) is 10.2 Å². The van der Waals surface area contributed by atoms with Crippen LogP contribution < -0.4 is 5.32 Å². The minimum absolute atomic E-state index is 0.0620. The number of nitrogens with one attached hydrogen (secondary N) is 1.